The number of rotatable bonds is 12. The molecule has 3 aromatic carbocycles. The number of nitro benzene ring substituents is 1. The van der Waals surface area contributed by atoms with E-state index in [4.69, 9.17) is 0 Å². The maximum absolute atomic E-state index is 13.9. The summed E-state index contributed by atoms with van der Waals surface area (Å²) in [5.41, 5.74) is 0.857. The fourth-order valence-electron chi connectivity index (χ4n) is 4.95. The van der Waals surface area contributed by atoms with Crippen LogP contribution < -0.4 is 9.62 Å². The van der Waals surface area contributed by atoms with E-state index in [1.165, 1.54) is 41.3 Å². The minimum absolute atomic E-state index is 0.0333. The molecule has 1 saturated carbocycles. The third kappa shape index (κ3) is 7.49. The zero-order chi connectivity index (χ0) is 29.4. The smallest absolute Gasteiger partial charge is 0.269 e. The number of hydrogen-bond donors (Lipinski definition) is 1. The van der Waals surface area contributed by atoms with Crippen LogP contribution in [0.3, 0.4) is 0 Å². The highest BCUT2D eigenvalue weighted by Gasteiger charge is 2.33. The second-order valence-corrected chi connectivity index (χ2v) is 11.9. The van der Waals surface area contributed by atoms with E-state index >= 15 is 0 Å². The van der Waals surface area contributed by atoms with Crippen LogP contribution in [0.25, 0.3) is 0 Å². The summed E-state index contributed by atoms with van der Waals surface area (Å²) in [6, 6.07) is 21.4. The number of benzene rings is 3. The highest BCUT2D eigenvalue weighted by molar-refractivity contribution is 7.92. The fraction of sp³-hybridized carbons (Fsp3) is 0.333. The summed E-state index contributed by atoms with van der Waals surface area (Å²) < 4.78 is 28.5. The van der Waals surface area contributed by atoms with Gasteiger partial charge in [0.05, 0.1) is 15.5 Å². The van der Waals surface area contributed by atoms with E-state index in [0.29, 0.717) is 6.42 Å². The third-order valence-corrected chi connectivity index (χ3v) is 9.10. The summed E-state index contributed by atoms with van der Waals surface area (Å²) in [4.78, 5) is 39.1. The molecule has 0 bridgehead atoms. The van der Waals surface area contributed by atoms with Crippen molar-refractivity contribution in [1.82, 2.24) is 10.2 Å². The van der Waals surface area contributed by atoms with Crippen LogP contribution in [-0.2, 0) is 26.0 Å². The second kappa shape index (κ2) is 13.4. The van der Waals surface area contributed by atoms with Crippen molar-refractivity contribution in [3.63, 3.8) is 0 Å². The van der Waals surface area contributed by atoms with Crippen LogP contribution in [0.1, 0.15) is 38.2 Å². The predicted octanol–water partition coefficient (Wildman–Crippen LogP) is 4.31. The van der Waals surface area contributed by atoms with E-state index in [-0.39, 0.29) is 34.8 Å². The van der Waals surface area contributed by atoms with Gasteiger partial charge < -0.3 is 10.2 Å². The van der Waals surface area contributed by atoms with Gasteiger partial charge in [-0.1, -0.05) is 61.4 Å². The Labute approximate surface area is 240 Å². The zero-order valence-electron chi connectivity index (χ0n) is 22.9. The first-order chi connectivity index (χ1) is 19.7. The van der Waals surface area contributed by atoms with Crippen LogP contribution in [0.2, 0.25) is 0 Å². The fourth-order valence-corrected chi connectivity index (χ4v) is 6.39. The Kier molecular flexibility index (Phi) is 9.72. The first-order valence-corrected chi connectivity index (χ1v) is 15.1. The van der Waals surface area contributed by atoms with Gasteiger partial charge in [-0.05, 0) is 56.0 Å². The van der Waals surface area contributed by atoms with Gasteiger partial charge in [0, 0.05) is 24.7 Å². The Balaban J connectivity index is 1.65. The molecule has 216 valence electrons. The van der Waals surface area contributed by atoms with Crippen LogP contribution in [0.15, 0.2) is 89.8 Å². The van der Waals surface area contributed by atoms with E-state index < -0.39 is 33.4 Å². The standard InChI is InChI=1S/C30H34N4O6S/c1-23(30(36)31-25-12-8-9-13-25)32(21-20-24-10-4-2-5-11-24)29(35)22-33(26-16-18-27(19-17-26)34(37)38)41(39,40)28-14-6-3-7-15-28/h2-7,10-11,14-19,23,25H,8-9,12-13,20-22H2,1H3,(H,31,36)/t23-/m0/s1. The van der Waals surface area contributed by atoms with Gasteiger partial charge in [-0.15, -0.1) is 0 Å². The van der Waals surface area contributed by atoms with Gasteiger partial charge >= 0.3 is 0 Å². The number of nitrogens with one attached hydrogen (secondary N) is 1. The number of hydrogen-bond acceptors (Lipinski definition) is 6. The quantitative estimate of drug-likeness (QED) is 0.252. The summed E-state index contributed by atoms with van der Waals surface area (Å²) in [7, 11) is -4.23. The van der Waals surface area contributed by atoms with E-state index in [1.54, 1.807) is 25.1 Å². The molecule has 0 spiro atoms. The molecule has 41 heavy (non-hydrogen) atoms. The molecule has 1 N–H and O–H groups in total. The van der Waals surface area contributed by atoms with Gasteiger partial charge in [0.25, 0.3) is 15.7 Å². The monoisotopic (exact) mass is 578 g/mol. The molecule has 11 heteroatoms. The number of carbonyl (C=O) groups excluding carboxylic acids is 2. The van der Waals surface area contributed by atoms with Crippen molar-refractivity contribution in [1.29, 1.82) is 0 Å². The number of nitrogens with zero attached hydrogens (tertiary/aromatic N) is 3. The molecule has 1 atom stereocenters. The third-order valence-electron chi connectivity index (χ3n) is 7.31. The second-order valence-electron chi connectivity index (χ2n) is 10.1. The molecule has 1 aliphatic rings. The van der Waals surface area contributed by atoms with Crippen molar-refractivity contribution in [2.45, 2.75) is 56.0 Å². The Morgan fingerprint density at radius 1 is 0.951 bits per heavy atom. The zero-order valence-corrected chi connectivity index (χ0v) is 23.7. The molecule has 4 rings (SSSR count). The lowest BCUT2D eigenvalue weighted by Gasteiger charge is -2.32. The number of carbonyl (C=O) groups is 2. The Morgan fingerprint density at radius 3 is 2.12 bits per heavy atom. The van der Waals surface area contributed by atoms with Crippen LogP contribution in [0, 0.1) is 10.1 Å². The average Bonchev–Trinajstić information content (AvgIpc) is 3.50. The van der Waals surface area contributed by atoms with Crippen molar-refractivity contribution in [3.05, 3.63) is 101 Å². The maximum atomic E-state index is 13.9. The van der Waals surface area contributed by atoms with Gasteiger partial charge in [-0.2, -0.15) is 0 Å². The highest BCUT2D eigenvalue weighted by atomic mass is 32.2. The van der Waals surface area contributed by atoms with Crippen LogP contribution in [0.5, 0.6) is 0 Å². The summed E-state index contributed by atoms with van der Waals surface area (Å²) in [5.74, 6) is -0.848. The SMILES string of the molecule is C[C@@H](C(=O)NC1CCCC1)N(CCc1ccccc1)C(=O)CN(c1ccc([N+](=O)[O-])cc1)S(=O)(=O)c1ccccc1. The minimum Gasteiger partial charge on any atom is -0.352 e. The number of nitro groups is 1. The number of sulfonamides is 1. The molecule has 2 amide bonds. The van der Waals surface area contributed by atoms with Crippen LogP contribution >= 0.6 is 0 Å². The number of anilines is 1. The molecule has 10 nitrogen and oxygen atoms in total. The summed E-state index contributed by atoms with van der Waals surface area (Å²) in [6.45, 7) is 1.25. The Hall–Kier alpha value is -4.25. The molecule has 1 fully saturated rings. The Morgan fingerprint density at radius 2 is 1.54 bits per heavy atom. The predicted molar refractivity (Wildman–Crippen MR) is 156 cm³/mol. The van der Waals surface area contributed by atoms with Gasteiger partial charge in [0.15, 0.2) is 0 Å². The van der Waals surface area contributed by atoms with Crippen molar-refractivity contribution in [2.75, 3.05) is 17.4 Å². The van der Waals surface area contributed by atoms with Crippen molar-refractivity contribution in [3.8, 4) is 0 Å². The normalized spacial score (nSPS) is 14.3. The van der Waals surface area contributed by atoms with Gasteiger partial charge in [-0.25, -0.2) is 8.42 Å². The molecular formula is C30H34N4O6S. The summed E-state index contributed by atoms with van der Waals surface area (Å²) >= 11 is 0. The van der Waals surface area contributed by atoms with Gasteiger partial charge in [-0.3, -0.25) is 24.0 Å². The molecular weight excluding hydrogens is 544 g/mol. The van der Waals surface area contributed by atoms with E-state index in [0.717, 1.165) is 35.6 Å². The Bertz CT molecular complexity index is 1440. The molecule has 0 unspecified atom stereocenters. The minimum atomic E-state index is -4.23. The van der Waals surface area contributed by atoms with Crippen molar-refractivity contribution >= 4 is 33.2 Å². The lowest BCUT2D eigenvalue weighted by atomic mass is 10.1. The molecule has 0 aliphatic heterocycles. The van der Waals surface area contributed by atoms with E-state index in [9.17, 15) is 28.1 Å². The molecule has 3 aromatic rings. The molecule has 0 heterocycles. The van der Waals surface area contributed by atoms with E-state index in [2.05, 4.69) is 5.32 Å². The first kappa shape index (κ1) is 29.7. The van der Waals surface area contributed by atoms with Crippen LogP contribution in [0.4, 0.5) is 11.4 Å². The largest absolute Gasteiger partial charge is 0.352 e. The van der Waals surface area contributed by atoms with Crippen molar-refractivity contribution < 1.29 is 22.9 Å². The lowest BCUT2D eigenvalue weighted by molar-refractivity contribution is -0.384. The lowest BCUT2D eigenvalue weighted by Crippen LogP contribution is -2.53. The average molecular weight is 579 g/mol. The first-order valence-electron chi connectivity index (χ1n) is 13.6. The van der Waals surface area contributed by atoms with Crippen molar-refractivity contribution in [2.24, 2.45) is 0 Å². The highest BCUT2D eigenvalue weighted by Crippen LogP contribution is 2.26. The van der Waals surface area contributed by atoms with Crippen LogP contribution in [-0.4, -0.2) is 55.2 Å². The van der Waals surface area contributed by atoms with Gasteiger partial charge in [0.2, 0.25) is 11.8 Å². The van der Waals surface area contributed by atoms with Gasteiger partial charge in [0.1, 0.15) is 12.6 Å². The van der Waals surface area contributed by atoms with E-state index in [1.807, 2.05) is 30.3 Å². The number of non-ortho nitro benzene ring substituents is 1. The molecule has 0 saturated heterocycles. The molecule has 1 aliphatic carbocycles. The summed E-state index contributed by atoms with van der Waals surface area (Å²) in [5, 5.41) is 14.2. The topological polar surface area (TPSA) is 130 Å². The summed E-state index contributed by atoms with van der Waals surface area (Å²) in [6.07, 6.45) is 4.32. The maximum Gasteiger partial charge on any atom is 0.269 e. The molecule has 0 aromatic heterocycles. The molecule has 0 radical (unpaired) electrons. The number of amides is 2.